The van der Waals surface area contributed by atoms with E-state index in [0.29, 0.717) is 23.2 Å². The van der Waals surface area contributed by atoms with Gasteiger partial charge in [-0.05, 0) is 48.7 Å². The number of H-pyrrole nitrogens is 1. The highest BCUT2D eigenvalue weighted by atomic mass is 32.1. The molecule has 0 radical (unpaired) electrons. The average Bonchev–Trinajstić information content (AvgIpc) is 2.95. The first-order chi connectivity index (χ1) is 12.1. The lowest BCUT2D eigenvalue weighted by Crippen LogP contribution is -2.36. The van der Waals surface area contributed by atoms with Crippen LogP contribution in [0.15, 0.2) is 18.3 Å². The minimum Gasteiger partial charge on any atom is -0.379 e. The van der Waals surface area contributed by atoms with Gasteiger partial charge in [-0.3, -0.25) is 4.90 Å². The molecule has 134 valence electrons. The van der Waals surface area contributed by atoms with Crippen molar-refractivity contribution < 1.29 is 13.5 Å². The number of halogens is 2. The molecule has 1 aromatic heterocycles. The predicted octanol–water partition coefficient (Wildman–Crippen LogP) is 3.39. The number of morpholine rings is 1. The number of nitrogens with one attached hydrogen (secondary N) is 1. The van der Waals surface area contributed by atoms with Crippen LogP contribution in [-0.4, -0.2) is 40.8 Å². The van der Waals surface area contributed by atoms with Crippen molar-refractivity contribution in [1.29, 1.82) is 0 Å². The second kappa shape index (κ2) is 6.97. The molecule has 1 aromatic carbocycles. The third-order valence-corrected chi connectivity index (χ3v) is 5.50. The first-order valence-electron chi connectivity index (χ1n) is 8.67. The van der Waals surface area contributed by atoms with Gasteiger partial charge in [0.25, 0.3) is 0 Å². The molecule has 4 rings (SSSR count). The molecule has 0 saturated carbocycles. The molecule has 7 heteroatoms. The Labute approximate surface area is 150 Å². The van der Waals surface area contributed by atoms with Crippen LogP contribution in [0.3, 0.4) is 0 Å². The number of benzene rings is 1. The van der Waals surface area contributed by atoms with E-state index >= 15 is 0 Å². The van der Waals surface area contributed by atoms with E-state index in [1.165, 1.54) is 6.07 Å². The molecular formula is C18H21F2N3OS. The Kier molecular flexibility index (Phi) is 4.71. The van der Waals surface area contributed by atoms with E-state index < -0.39 is 11.6 Å². The quantitative estimate of drug-likeness (QED) is 0.847. The zero-order chi connectivity index (χ0) is 17.4. The summed E-state index contributed by atoms with van der Waals surface area (Å²) in [7, 11) is 0. The summed E-state index contributed by atoms with van der Waals surface area (Å²) in [4.78, 5) is 5.48. The molecule has 25 heavy (non-hydrogen) atoms. The maximum absolute atomic E-state index is 14.0. The highest BCUT2D eigenvalue weighted by Gasteiger charge is 2.26. The van der Waals surface area contributed by atoms with Crippen LogP contribution < -0.4 is 0 Å². The first-order valence-corrected chi connectivity index (χ1v) is 9.08. The Morgan fingerprint density at radius 1 is 1.24 bits per heavy atom. The number of imidazole rings is 1. The van der Waals surface area contributed by atoms with Crippen molar-refractivity contribution in [2.24, 2.45) is 0 Å². The maximum atomic E-state index is 14.0. The van der Waals surface area contributed by atoms with Crippen LogP contribution in [0.5, 0.6) is 0 Å². The molecule has 0 unspecified atom stereocenters. The van der Waals surface area contributed by atoms with Gasteiger partial charge in [-0.15, -0.1) is 0 Å². The summed E-state index contributed by atoms with van der Waals surface area (Å²) >= 11 is 5.49. The Morgan fingerprint density at radius 2 is 2.04 bits per heavy atom. The zero-order valence-corrected chi connectivity index (χ0v) is 14.7. The first kappa shape index (κ1) is 16.9. The maximum Gasteiger partial charge on any atom is 0.177 e. The topological polar surface area (TPSA) is 33.2 Å². The summed E-state index contributed by atoms with van der Waals surface area (Å²) in [6.45, 7) is 4.11. The van der Waals surface area contributed by atoms with Crippen molar-refractivity contribution >= 4 is 12.2 Å². The van der Waals surface area contributed by atoms with Gasteiger partial charge in [0.05, 0.1) is 18.9 Å². The number of aromatic nitrogens is 2. The normalized spacial score (nSPS) is 21.3. The summed E-state index contributed by atoms with van der Waals surface area (Å²) < 4.78 is 35.8. The van der Waals surface area contributed by atoms with Gasteiger partial charge in [-0.25, -0.2) is 8.78 Å². The van der Waals surface area contributed by atoms with Gasteiger partial charge in [0.2, 0.25) is 0 Å². The molecule has 1 aliphatic carbocycles. The Hall–Kier alpha value is -1.57. The van der Waals surface area contributed by atoms with Crippen LogP contribution >= 0.6 is 12.2 Å². The number of rotatable bonds is 3. The lowest BCUT2D eigenvalue weighted by molar-refractivity contribution is 0.0329. The van der Waals surface area contributed by atoms with Crippen LogP contribution in [-0.2, 0) is 24.1 Å². The van der Waals surface area contributed by atoms with Crippen LogP contribution in [0.2, 0.25) is 0 Å². The van der Waals surface area contributed by atoms with Crippen molar-refractivity contribution in [2.45, 2.75) is 31.8 Å². The lowest BCUT2D eigenvalue weighted by Gasteiger charge is -2.30. The van der Waals surface area contributed by atoms with Gasteiger partial charge in [0, 0.05) is 37.9 Å². The van der Waals surface area contributed by atoms with Gasteiger partial charge in [-0.2, -0.15) is 0 Å². The molecule has 0 amide bonds. The number of ether oxygens (including phenoxy) is 1. The summed E-state index contributed by atoms with van der Waals surface area (Å²) in [6, 6.07) is 2.57. The number of nitrogens with zero attached hydrogens (tertiary/aromatic N) is 2. The van der Waals surface area contributed by atoms with Gasteiger partial charge in [-0.1, -0.05) is 0 Å². The molecule has 2 aliphatic rings. The summed E-state index contributed by atoms with van der Waals surface area (Å²) in [6.07, 6.45) is 3.97. The Morgan fingerprint density at radius 3 is 2.84 bits per heavy atom. The standard InChI is InChI=1S/C18H21F2N3OS/c19-13-7-12-8-14(1-2-16(12)17(20)9-13)23-15(10-21-18(23)25)11-22-3-5-24-6-4-22/h7,9-10,14H,1-6,8,11H2,(H,21,25)/t14-/m0/s1. The molecule has 1 fully saturated rings. The van der Waals surface area contributed by atoms with Gasteiger partial charge in [0.1, 0.15) is 11.6 Å². The van der Waals surface area contributed by atoms with Crippen molar-refractivity contribution in [3.8, 4) is 0 Å². The number of aromatic amines is 1. The van der Waals surface area contributed by atoms with Crippen LogP contribution in [0.1, 0.15) is 29.3 Å². The summed E-state index contributed by atoms with van der Waals surface area (Å²) in [5.74, 6) is -0.942. The van der Waals surface area contributed by atoms with Crippen LogP contribution in [0, 0.1) is 16.4 Å². The second-order valence-electron chi connectivity index (χ2n) is 6.77. The molecule has 1 atom stereocenters. The molecule has 0 spiro atoms. The number of hydrogen-bond acceptors (Lipinski definition) is 3. The van der Waals surface area contributed by atoms with E-state index in [4.69, 9.17) is 17.0 Å². The smallest absolute Gasteiger partial charge is 0.177 e. The van der Waals surface area contributed by atoms with Crippen LogP contribution in [0.4, 0.5) is 8.78 Å². The third kappa shape index (κ3) is 3.41. The van der Waals surface area contributed by atoms with Gasteiger partial charge >= 0.3 is 0 Å². The zero-order valence-electron chi connectivity index (χ0n) is 13.9. The Balaban J connectivity index is 1.60. The molecule has 2 aromatic rings. The highest BCUT2D eigenvalue weighted by molar-refractivity contribution is 7.71. The van der Waals surface area contributed by atoms with Crippen molar-refractivity contribution in [2.75, 3.05) is 26.3 Å². The second-order valence-corrected chi connectivity index (χ2v) is 7.15. The van der Waals surface area contributed by atoms with E-state index in [9.17, 15) is 8.78 Å². The highest BCUT2D eigenvalue weighted by Crippen LogP contribution is 2.32. The molecular weight excluding hydrogens is 344 g/mol. The van der Waals surface area contributed by atoms with Gasteiger partial charge < -0.3 is 14.3 Å². The van der Waals surface area contributed by atoms with Crippen molar-refractivity contribution in [3.05, 3.63) is 51.6 Å². The molecule has 0 bridgehead atoms. The summed E-state index contributed by atoms with van der Waals surface area (Å²) in [5.41, 5.74) is 2.53. The fraction of sp³-hybridized carbons (Fsp3) is 0.500. The third-order valence-electron chi connectivity index (χ3n) is 5.18. The van der Waals surface area contributed by atoms with Gasteiger partial charge in [0.15, 0.2) is 4.77 Å². The minimum atomic E-state index is -0.511. The fourth-order valence-corrected chi connectivity index (χ4v) is 4.26. The monoisotopic (exact) mass is 365 g/mol. The van der Waals surface area contributed by atoms with E-state index in [-0.39, 0.29) is 6.04 Å². The van der Waals surface area contributed by atoms with E-state index in [1.807, 2.05) is 6.20 Å². The molecule has 2 heterocycles. The minimum absolute atomic E-state index is 0.128. The SMILES string of the molecule is Fc1cc(F)c2c(c1)C[C@@H](n1c(CN3CCOCC3)c[nH]c1=S)CC2. The molecule has 1 aliphatic heterocycles. The number of fused-ring (bicyclic) bond motifs is 1. The lowest BCUT2D eigenvalue weighted by atomic mass is 9.87. The molecule has 4 nitrogen and oxygen atoms in total. The average molecular weight is 365 g/mol. The largest absolute Gasteiger partial charge is 0.379 e. The fourth-order valence-electron chi connectivity index (χ4n) is 3.93. The molecule has 1 N–H and O–H groups in total. The van der Waals surface area contributed by atoms with E-state index in [1.54, 1.807) is 0 Å². The van der Waals surface area contributed by atoms with E-state index in [2.05, 4.69) is 14.5 Å². The van der Waals surface area contributed by atoms with Crippen LogP contribution in [0.25, 0.3) is 0 Å². The van der Waals surface area contributed by atoms with Crippen molar-refractivity contribution in [3.63, 3.8) is 0 Å². The molecule has 1 saturated heterocycles. The van der Waals surface area contributed by atoms with E-state index in [0.717, 1.165) is 56.6 Å². The number of hydrogen-bond donors (Lipinski definition) is 1. The Bertz CT molecular complexity index is 826. The predicted molar refractivity (Wildman–Crippen MR) is 93.1 cm³/mol. The van der Waals surface area contributed by atoms with Crippen molar-refractivity contribution in [1.82, 2.24) is 14.5 Å². The summed E-state index contributed by atoms with van der Waals surface area (Å²) in [5, 5.41) is 0.